The lowest BCUT2D eigenvalue weighted by Gasteiger charge is -2.24. The van der Waals surface area contributed by atoms with Crippen LogP contribution in [0.1, 0.15) is 17.0 Å². The van der Waals surface area contributed by atoms with Gasteiger partial charge in [0.1, 0.15) is 17.7 Å². The van der Waals surface area contributed by atoms with Crippen LogP contribution in [-0.2, 0) is 0 Å². The predicted octanol–water partition coefficient (Wildman–Crippen LogP) is 4.85. The monoisotopic (exact) mass is 301 g/mol. The van der Waals surface area contributed by atoms with Crippen LogP contribution in [0.3, 0.4) is 0 Å². The van der Waals surface area contributed by atoms with Crippen molar-refractivity contribution in [1.82, 2.24) is 0 Å². The molecule has 2 aromatic rings. The molecule has 0 spiro atoms. The Morgan fingerprint density at radius 1 is 1.09 bits per heavy atom. The summed E-state index contributed by atoms with van der Waals surface area (Å²) in [6, 6.07) is 10.1. The third-order valence-corrected chi connectivity index (χ3v) is 3.27. The summed E-state index contributed by atoms with van der Waals surface area (Å²) >= 11 is 0. The van der Waals surface area contributed by atoms with Gasteiger partial charge in [0, 0.05) is 10.8 Å². The van der Waals surface area contributed by atoms with Crippen LogP contribution >= 0.6 is 0 Å². The van der Waals surface area contributed by atoms with E-state index < -0.39 is 23.6 Å². The maximum atomic E-state index is 13.5. The summed E-state index contributed by atoms with van der Waals surface area (Å²) in [5.41, 5.74) is 9.75. The van der Waals surface area contributed by atoms with Crippen molar-refractivity contribution in [3.05, 3.63) is 94.1 Å². The minimum atomic E-state index is -1.03. The molecule has 2 aromatic carbocycles. The molecule has 2 rings (SSSR count). The highest BCUT2D eigenvalue weighted by molar-refractivity contribution is 5.37. The fourth-order valence-corrected chi connectivity index (χ4v) is 2.31. The summed E-state index contributed by atoms with van der Waals surface area (Å²) in [5, 5.41) is 13.3. The molecule has 0 aliphatic rings. The molecule has 0 amide bonds. The van der Waals surface area contributed by atoms with Gasteiger partial charge in [-0.1, -0.05) is 36.0 Å². The van der Waals surface area contributed by atoms with Crippen LogP contribution in [0.25, 0.3) is 10.4 Å². The molecule has 0 aromatic heterocycles. The summed E-state index contributed by atoms with van der Waals surface area (Å²) in [5.74, 6) is -1.92. The van der Waals surface area contributed by atoms with Crippen LogP contribution in [0.5, 0.6) is 0 Å². The summed E-state index contributed by atoms with van der Waals surface area (Å²) in [4.78, 5) is 2.71. The van der Waals surface area contributed by atoms with Gasteiger partial charge < -0.3 is 5.11 Å². The Morgan fingerprint density at radius 2 is 1.77 bits per heavy atom. The first-order chi connectivity index (χ1) is 10.5. The van der Waals surface area contributed by atoms with Crippen LogP contribution in [-0.4, -0.2) is 11.1 Å². The van der Waals surface area contributed by atoms with Gasteiger partial charge >= 0.3 is 0 Å². The maximum Gasteiger partial charge on any atom is 0.123 e. The first-order valence-electron chi connectivity index (χ1n) is 6.46. The Balaban J connectivity index is 2.60. The smallest absolute Gasteiger partial charge is 0.123 e. The van der Waals surface area contributed by atoms with Crippen molar-refractivity contribution in [2.75, 3.05) is 0 Å². The molecule has 0 radical (unpaired) electrons. The van der Waals surface area contributed by atoms with Crippen molar-refractivity contribution in [1.29, 1.82) is 0 Å². The second kappa shape index (κ2) is 6.74. The van der Waals surface area contributed by atoms with Crippen LogP contribution < -0.4 is 0 Å². The van der Waals surface area contributed by atoms with Crippen LogP contribution in [0.4, 0.5) is 8.78 Å². The summed E-state index contributed by atoms with van der Waals surface area (Å²) in [7, 11) is 0. The molecule has 0 bridgehead atoms. The third kappa shape index (κ3) is 3.42. The SMILES string of the molecule is C=C(O)[C@@H](N=[N+]=[N-])[C@H](c1ccc(F)cc1)c1cccc(F)c1. The molecule has 0 unspecified atom stereocenters. The minimum absolute atomic E-state index is 0.351. The Bertz CT molecular complexity index is 722. The zero-order valence-corrected chi connectivity index (χ0v) is 11.5. The molecule has 22 heavy (non-hydrogen) atoms. The first-order valence-corrected chi connectivity index (χ1v) is 6.46. The van der Waals surface area contributed by atoms with Gasteiger partial charge in [0.15, 0.2) is 0 Å². The average molecular weight is 301 g/mol. The number of nitrogens with zero attached hydrogens (tertiary/aromatic N) is 3. The summed E-state index contributed by atoms with van der Waals surface area (Å²) < 4.78 is 26.6. The molecule has 0 aliphatic heterocycles. The normalized spacial score (nSPS) is 13.0. The maximum absolute atomic E-state index is 13.5. The zero-order valence-electron chi connectivity index (χ0n) is 11.5. The molecule has 0 aliphatic carbocycles. The van der Waals surface area contributed by atoms with E-state index in [1.54, 1.807) is 6.07 Å². The highest BCUT2D eigenvalue weighted by Gasteiger charge is 2.27. The number of benzene rings is 2. The van der Waals surface area contributed by atoms with E-state index >= 15 is 0 Å². The molecular formula is C16H13F2N3O. The number of halogens is 2. The van der Waals surface area contributed by atoms with E-state index in [1.807, 2.05) is 0 Å². The fraction of sp³-hybridized carbons (Fsp3) is 0.125. The standard InChI is InChI=1S/C16H13F2N3O/c1-10(22)16(20-21-19)15(11-5-7-13(17)8-6-11)12-3-2-4-14(18)9-12/h2-9,15-16,22H,1H2/t15-,16-/m1/s1. The van der Waals surface area contributed by atoms with Crippen LogP contribution in [0.2, 0.25) is 0 Å². The van der Waals surface area contributed by atoms with Gasteiger partial charge in [0.05, 0.1) is 5.76 Å². The third-order valence-electron chi connectivity index (χ3n) is 3.27. The molecule has 6 heteroatoms. The molecule has 0 fully saturated rings. The molecule has 1 N–H and O–H groups in total. The lowest BCUT2D eigenvalue weighted by molar-refractivity contribution is 0.357. The Morgan fingerprint density at radius 3 is 2.32 bits per heavy atom. The van der Waals surface area contributed by atoms with E-state index in [-0.39, 0.29) is 5.76 Å². The number of aliphatic hydroxyl groups is 1. The molecule has 112 valence electrons. The topological polar surface area (TPSA) is 69.0 Å². The van der Waals surface area contributed by atoms with Gasteiger partial charge in [-0.05, 0) is 40.9 Å². The van der Waals surface area contributed by atoms with Gasteiger partial charge in [0.2, 0.25) is 0 Å². The first kappa shape index (κ1) is 15.5. The molecule has 0 saturated carbocycles. The van der Waals surface area contributed by atoms with E-state index in [2.05, 4.69) is 16.6 Å². The van der Waals surface area contributed by atoms with E-state index in [0.717, 1.165) is 0 Å². The molecule has 4 nitrogen and oxygen atoms in total. The van der Waals surface area contributed by atoms with E-state index in [1.165, 1.54) is 42.5 Å². The Kier molecular flexibility index (Phi) is 4.76. The molecule has 2 atom stereocenters. The Labute approximate surface area is 126 Å². The second-order valence-corrected chi connectivity index (χ2v) is 4.73. The van der Waals surface area contributed by atoms with Crippen molar-refractivity contribution < 1.29 is 13.9 Å². The van der Waals surface area contributed by atoms with E-state index in [4.69, 9.17) is 5.53 Å². The number of hydrogen-bond acceptors (Lipinski definition) is 2. The van der Waals surface area contributed by atoms with Gasteiger partial charge in [-0.25, -0.2) is 8.78 Å². The van der Waals surface area contributed by atoms with Crippen molar-refractivity contribution in [3.63, 3.8) is 0 Å². The fourth-order valence-electron chi connectivity index (χ4n) is 2.31. The van der Waals surface area contributed by atoms with Gasteiger partial charge in [0.25, 0.3) is 0 Å². The van der Waals surface area contributed by atoms with Crippen LogP contribution in [0, 0.1) is 11.6 Å². The quantitative estimate of drug-likeness (QED) is 0.365. The number of hydrogen-bond donors (Lipinski definition) is 1. The van der Waals surface area contributed by atoms with Crippen LogP contribution in [0.15, 0.2) is 66.0 Å². The number of azide groups is 1. The highest BCUT2D eigenvalue weighted by Crippen LogP contribution is 2.33. The highest BCUT2D eigenvalue weighted by atomic mass is 19.1. The van der Waals surface area contributed by atoms with E-state index in [0.29, 0.717) is 11.1 Å². The minimum Gasteiger partial charge on any atom is -0.512 e. The average Bonchev–Trinajstić information content (AvgIpc) is 2.48. The second-order valence-electron chi connectivity index (χ2n) is 4.73. The van der Waals surface area contributed by atoms with Gasteiger partial charge in [-0.3, -0.25) is 0 Å². The largest absolute Gasteiger partial charge is 0.512 e. The van der Waals surface area contributed by atoms with Gasteiger partial charge in [-0.2, -0.15) is 0 Å². The molecule has 0 heterocycles. The Hall–Kier alpha value is -2.85. The number of rotatable bonds is 5. The number of aliphatic hydroxyl groups excluding tert-OH is 1. The van der Waals surface area contributed by atoms with Crippen molar-refractivity contribution in [3.8, 4) is 0 Å². The molecular weight excluding hydrogens is 288 g/mol. The van der Waals surface area contributed by atoms with Gasteiger partial charge in [-0.15, -0.1) is 0 Å². The lowest BCUT2D eigenvalue weighted by Crippen LogP contribution is -2.20. The zero-order chi connectivity index (χ0) is 16.1. The van der Waals surface area contributed by atoms with Crippen molar-refractivity contribution in [2.45, 2.75) is 12.0 Å². The molecule has 0 saturated heterocycles. The lowest BCUT2D eigenvalue weighted by atomic mass is 9.84. The predicted molar refractivity (Wildman–Crippen MR) is 79.3 cm³/mol. The summed E-state index contributed by atoms with van der Waals surface area (Å²) in [6.07, 6.45) is 0. The van der Waals surface area contributed by atoms with Crippen molar-refractivity contribution in [2.24, 2.45) is 5.11 Å². The summed E-state index contributed by atoms with van der Waals surface area (Å²) in [6.45, 7) is 3.41. The van der Waals surface area contributed by atoms with E-state index in [9.17, 15) is 13.9 Å². The van der Waals surface area contributed by atoms with Crippen molar-refractivity contribution >= 4 is 0 Å².